The maximum absolute atomic E-state index is 8.52. The van der Waals surface area contributed by atoms with Gasteiger partial charge in [-0.15, -0.1) is 0 Å². The second-order valence-electron chi connectivity index (χ2n) is 4.34. The molecule has 0 heterocycles. The number of hydrogen-bond acceptors (Lipinski definition) is 3. The summed E-state index contributed by atoms with van der Waals surface area (Å²) < 4.78 is 8.25. The Bertz CT molecular complexity index is 67.5. The summed E-state index contributed by atoms with van der Waals surface area (Å²) in [6.45, 7) is 10.5. The Labute approximate surface area is 86.9 Å². The van der Waals surface area contributed by atoms with Crippen molar-refractivity contribution in [3.63, 3.8) is 0 Å². The molecule has 0 atom stereocenters. The Balaban J connectivity index is -0.000000112. The first-order chi connectivity index (χ1) is 5.00. The third kappa shape index (κ3) is 4920. The van der Waals surface area contributed by atoms with Crippen LogP contribution in [0.1, 0.15) is 41.5 Å². The van der Waals surface area contributed by atoms with Gasteiger partial charge in [0.15, 0.2) is 0 Å². The molecular formula is C8H20O3Ti. The Morgan fingerprint density at radius 1 is 0.750 bits per heavy atom. The van der Waals surface area contributed by atoms with E-state index in [-0.39, 0.29) is 0 Å². The minimum atomic E-state index is -0.500. The van der Waals surface area contributed by atoms with Crippen molar-refractivity contribution in [3.8, 4) is 0 Å². The monoisotopic (exact) mass is 212 g/mol. The summed E-state index contributed by atoms with van der Waals surface area (Å²) in [5, 5.41) is 17.0. The van der Waals surface area contributed by atoms with Crippen molar-refractivity contribution in [2.24, 2.45) is 0 Å². The van der Waals surface area contributed by atoms with Gasteiger partial charge in [0.1, 0.15) is 0 Å². The van der Waals surface area contributed by atoms with Gasteiger partial charge >= 0.3 is 23.7 Å². The fraction of sp³-hybridized carbons (Fsp3) is 1.00. The van der Waals surface area contributed by atoms with E-state index in [0.717, 1.165) is 20.4 Å². The van der Waals surface area contributed by atoms with Crippen LogP contribution in [0.25, 0.3) is 0 Å². The van der Waals surface area contributed by atoms with Crippen LogP contribution in [-0.2, 0) is 23.7 Å². The zero-order valence-electron chi connectivity index (χ0n) is 8.80. The molecule has 0 radical (unpaired) electrons. The van der Waals surface area contributed by atoms with E-state index >= 15 is 0 Å². The van der Waals surface area contributed by atoms with Crippen LogP contribution in [0.4, 0.5) is 0 Å². The van der Waals surface area contributed by atoms with Gasteiger partial charge in [0.2, 0.25) is 0 Å². The molecule has 74 valence electrons. The van der Waals surface area contributed by atoms with Crippen molar-refractivity contribution < 1.29 is 33.9 Å². The van der Waals surface area contributed by atoms with Gasteiger partial charge in [-0.1, -0.05) is 0 Å². The van der Waals surface area contributed by atoms with Gasteiger partial charge in [-0.05, 0) is 41.5 Å². The van der Waals surface area contributed by atoms with Crippen LogP contribution in [-0.4, -0.2) is 21.4 Å². The molecule has 0 aromatic rings. The van der Waals surface area contributed by atoms with E-state index in [1.54, 1.807) is 41.5 Å². The van der Waals surface area contributed by atoms with Crippen LogP contribution < -0.4 is 0 Å². The summed E-state index contributed by atoms with van der Waals surface area (Å²) in [5.74, 6) is 0. The van der Waals surface area contributed by atoms with Crippen molar-refractivity contribution in [3.05, 3.63) is 0 Å². The molecule has 0 spiro atoms. The number of hydrogen-bond donors (Lipinski definition) is 2. The van der Waals surface area contributed by atoms with Gasteiger partial charge < -0.3 is 10.2 Å². The average Bonchev–Trinajstić information content (AvgIpc) is 1.59. The molecule has 0 aliphatic carbocycles. The quantitative estimate of drug-likeness (QED) is 0.597. The Morgan fingerprint density at radius 3 is 0.750 bits per heavy atom. The van der Waals surface area contributed by atoms with Crippen molar-refractivity contribution in [1.29, 1.82) is 0 Å². The molecule has 2 N–H and O–H groups in total. The van der Waals surface area contributed by atoms with Gasteiger partial charge in [-0.3, -0.25) is 0 Å². The third-order valence-corrected chi connectivity index (χ3v) is 0. The molecule has 12 heavy (non-hydrogen) atoms. The number of aliphatic hydroxyl groups is 2. The van der Waals surface area contributed by atoms with E-state index < -0.39 is 11.2 Å². The fourth-order valence-electron chi connectivity index (χ4n) is 0. The first kappa shape index (κ1) is 18.3. The summed E-state index contributed by atoms with van der Waals surface area (Å²) in [5.41, 5.74) is -1.00. The second kappa shape index (κ2) is 8.05. The predicted octanol–water partition coefficient (Wildman–Crippen LogP) is 1.43. The summed E-state index contributed by atoms with van der Waals surface area (Å²) >= 11 is 0.750. The zero-order chi connectivity index (χ0) is 11.0. The molecule has 0 saturated heterocycles. The van der Waals surface area contributed by atoms with Crippen LogP contribution in [0.2, 0.25) is 0 Å². The molecule has 0 aromatic heterocycles. The molecule has 0 aromatic carbocycles. The predicted molar refractivity (Wildman–Crippen MR) is 44.6 cm³/mol. The molecule has 0 unspecified atom stereocenters. The Morgan fingerprint density at radius 2 is 0.750 bits per heavy atom. The topological polar surface area (TPSA) is 57.5 Å². The van der Waals surface area contributed by atoms with E-state index in [2.05, 4.69) is 0 Å². The molecule has 4 heteroatoms. The minimum absolute atomic E-state index is 0.500. The van der Waals surface area contributed by atoms with Gasteiger partial charge in [0.25, 0.3) is 0 Å². The fourth-order valence-corrected chi connectivity index (χ4v) is 0. The molecule has 0 aliphatic rings. The molecule has 0 bridgehead atoms. The first-order valence-corrected chi connectivity index (χ1v) is 4.29. The van der Waals surface area contributed by atoms with E-state index in [9.17, 15) is 0 Å². The molecular weight excluding hydrogens is 192 g/mol. The summed E-state index contributed by atoms with van der Waals surface area (Å²) in [6, 6.07) is 0. The van der Waals surface area contributed by atoms with Crippen LogP contribution in [0, 0.1) is 0 Å². The maximum atomic E-state index is 8.52. The molecule has 3 nitrogen and oxygen atoms in total. The second-order valence-corrected chi connectivity index (χ2v) is 4.34. The molecule has 0 fully saturated rings. The summed E-state index contributed by atoms with van der Waals surface area (Å²) in [4.78, 5) is 0. The van der Waals surface area contributed by atoms with Gasteiger partial charge in [-0.25, -0.2) is 0 Å². The first-order valence-electron chi connectivity index (χ1n) is 3.65. The van der Waals surface area contributed by atoms with E-state index in [1.807, 2.05) is 0 Å². The molecule has 0 rings (SSSR count). The number of rotatable bonds is 0. The zero-order valence-corrected chi connectivity index (χ0v) is 10.4. The van der Waals surface area contributed by atoms with Crippen LogP contribution in [0.3, 0.4) is 0 Å². The Hall–Kier alpha value is 0.434. The van der Waals surface area contributed by atoms with Crippen molar-refractivity contribution in [2.75, 3.05) is 0 Å². The summed E-state index contributed by atoms with van der Waals surface area (Å²) in [6.07, 6.45) is 0. The van der Waals surface area contributed by atoms with Gasteiger partial charge in [0, 0.05) is 0 Å². The molecule has 0 saturated carbocycles. The van der Waals surface area contributed by atoms with Crippen molar-refractivity contribution >= 4 is 0 Å². The Kier molecular flexibility index (Phi) is 12.3. The van der Waals surface area contributed by atoms with Crippen molar-refractivity contribution in [1.82, 2.24) is 0 Å². The van der Waals surface area contributed by atoms with Gasteiger partial charge in [-0.2, -0.15) is 0 Å². The van der Waals surface area contributed by atoms with Crippen LogP contribution in [0.5, 0.6) is 0 Å². The molecule has 0 aliphatic heterocycles. The van der Waals surface area contributed by atoms with Crippen LogP contribution in [0.15, 0.2) is 0 Å². The average molecular weight is 212 g/mol. The normalized spacial score (nSPS) is 10.2. The SMILES string of the molecule is CC(C)(C)O.CC(C)(C)O.[O]=[Ti]. The van der Waals surface area contributed by atoms with E-state index in [1.165, 1.54) is 0 Å². The third-order valence-electron chi connectivity index (χ3n) is 0. The van der Waals surface area contributed by atoms with Crippen molar-refractivity contribution in [2.45, 2.75) is 52.7 Å². The molecule has 0 amide bonds. The van der Waals surface area contributed by atoms with E-state index in [0.29, 0.717) is 0 Å². The summed E-state index contributed by atoms with van der Waals surface area (Å²) in [7, 11) is 0. The standard InChI is InChI=1S/2C4H10O.O.Ti/c2*1-4(2,3)5;;/h2*5H,1-3H3;;. The van der Waals surface area contributed by atoms with Gasteiger partial charge in [0.05, 0.1) is 11.2 Å². The van der Waals surface area contributed by atoms with E-state index in [4.69, 9.17) is 13.5 Å². The van der Waals surface area contributed by atoms with Crippen LogP contribution >= 0.6 is 0 Å².